The van der Waals surface area contributed by atoms with Crippen LogP contribution in [0, 0.1) is 0 Å². The molecule has 90 valence electrons. The van der Waals surface area contributed by atoms with E-state index < -0.39 is 11.8 Å². The highest BCUT2D eigenvalue weighted by Gasteiger charge is 2.16. The van der Waals surface area contributed by atoms with Gasteiger partial charge in [0.2, 0.25) is 0 Å². The molecule has 2 heterocycles. The third-order valence-corrected chi connectivity index (χ3v) is 2.02. The summed E-state index contributed by atoms with van der Waals surface area (Å²) in [7, 11) is 1.18. The molecule has 2 aromatic rings. The molecule has 5 nitrogen and oxygen atoms in total. The van der Waals surface area contributed by atoms with Crippen molar-refractivity contribution in [1.82, 2.24) is 9.38 Å². The van der Waals surface area contributed by atoms with Crippen molar-refractivity contribution < 1.29 is 14.3 Å². The predicted octanol–water partition coefficient (Wildman–Crippen LogP) is 1.72. The summed E-state index contributed by atoms with van der Waals surface area (Å²) in [4.78, 5) is 26.4. The number of rotatable bonds is 2. The van der Waals surface area contributed by atoms with Gasteiger partial charge in [-0.3, -0.25) is 4.79 Å². The van der Waals surface area contributed by atoms with Crippen LogP contribution in [0.3, 0.4) is 0 Å². The molecule has 0 unspecified atom stereocenters. The Morgan fingerprint density at radius 2 is 2.00 bits per heavy atom. The summed E-state index contributed by atoms with van der Waals surface area (Å²) in [6, 6.07) is 3.21. The molecule has 0 bridgehead atoms. The first-order valence-corrected chi connectivity index (χ1v) is 5.28. The Morgan fingerprint density at radius 1 is 1.29 bits per heavy atom. The lowest BCUT2D eigenvalue weighted by molar-refractivity contribution is -0.135. The lowest BCUT2D eigenvalue weighted by atomic mass is 10.2. The fourth-order valence-corrected chi connectivity index (χ4v) is 1.26. The van der Waals surface area contributed by atoms with E-state index in [-0.39, 0.29) is 5.56 Å². The number of imidazole rings is 1. The van der Waals surface area contributed by atoms with Crippen LogP contribution in [0.1, 0.15) is 24.2 Å². The van der Waals surface area contributed by atoms with E-state index >= 15 is 0 Å². The zero-order valence-corrected chi connectivity index (χ0v) is 10.0. The summed E-state index contributed by atoms with van der Waals surface area (Å²) in [6.07, 6.45) is 4.85. The van der Waals surface area contributed by atoms with Gasteiger partial charge in [-0.2, -0.15) is 0 Å². The normalized spacial score (nSPS) is 9.35. The quantitative estimate of drug-likeness (QED) is 0.451. The number of fused-ring (bicyclic) bond motifs is 1. The van der Waals surface area contributed by atoms with Crippen molar-refractivity contribution in [2.24, 2.45) is 0 Å². The van der Waals surface area contributed by atoms with Gasteiger partial charge in [-0.1, -0.05) is 13.8 Å². The number of esters is 1. The Balaban J connectivity index is 0.000000686. The van der Waals surface area contributed by atoms with Crippen LogP contribution in [-0.2, 0) is 9.53 Å². The maximum Gasteiger partial charge on any atom is 0.379 e. The molecule has 0 atom stereocenters. The Morgan fingerprint density at radius 3 is 2.65 bits per heavy atom. The van der Waals surface area contributed by atoms with E-state index in [1.54, 1.807) is 35.1 Å². The maximum atomic E-state index is 11.4. The molecule has 0 aliphatic heterocycles. The fourth-order valence-electron chi connectivity index (χ4n) is 1.26. The topological polar surface area (TPSA) is 60.7 Å². The average Bonchev–Trinajstić information content (AvgIpc) is 2.86. The van der Waals surface area contributed by atoms with Gasteiger partial charge >= 0.3 is 5.97 Å². The van der Waals surface area contributed by atoms with Gasteiger partial charge in [0, 0.05) is 24.2 Å². The summed E-state index contributed by atoms with van der Waals surface area (Å²) in [5, 5.41) is 0. The van der Waals surface area contributed by atoms with Crippen LogP contribution in [0.5, 0.6) is 0 Å². The van der Waals surface area contributed by atoms with Gasteiger partial charge in [0.1, 0.15) is 5.65 Å². The van der Waals surface area contributed by atoms with Crippen molar-refractivity contribution in [3.05, 3.63) is 36.3 Å². The van der Waals surface area contributed by atoms with Crippen molar-refractivity contribution in [1.29, 1.82) is 0 Å². The second kappa shape index (κ2) is 5.79. The van der Waals surface area contributed by atoms with Crippen LogP contribution in [0.2, 0.25) is 0 Å². The van der Waals surface area contributed by atoms with Crippen LogP contribution in [0.15, 0.2) is 30.7 Å². The molecule has 0 aliphatic carbocycles. The molecular formula is C12H14N2O3. The smallest absolute Gasteiger partial charge is 0.379 e. The Hall–Kier alpha value is -2.17. The minimum absolute atomic E-state index is 0.285. The summed E-state index contributed by atoms with van der Waals surface area (Å²) in [5.41, 5.74) is 1.00. The molecule has 0 aromatic carbocycles. The second-order valence-electron chi connectivity index (χ2n) is 2.93. The molecule has 0 aliphatic rings. The highest BCUT2D eigenvalue weighted by Crippen LogP contribution is 2.06. The van der Waals surface area contributed by atoms with Gasteiger partial charge < -0.3 is 9.14 Å². The van der Waals surface area contributed by atoms with Crippen LogP contribution in [0.25, 0.3) is 5.65 Å². The molecule has 0 amide bonds. The van der Waals surface area contributed by atoms with Crippen molar-refractivity contribution in [3.63, 3.8) is 0 Å². The van der Waals surface area contributed by atoms with E-state index in [9.17, 15) is 9.59 Å². The van der Waals surface area contributed by atoms with Gasteiger partial charge in [-0.05, 0) is 12.1 Å². The standard InChI is InChI=1S/C10H8N2O3.C2H6/c1-15-10(14)9(13)7-2-3-8-11-4-5-12(8)6-7;1-2/h2-6H,1H3;1-2H3. The minimum Gasteiger partial charge on any atom is -0.463 e. The number of Topliss-reactive ketones (excluding diaryl/α,β-unsaturated/α-hetero) is 1. The number of aromatic nitrogens is 2. The van der Waals surface area contributed by atoms with Gasteiger partial charge in [0.25, 0.3) is 5.78 Å². The van der Waals surface area contributed by atoms with Crippen molar-refractivity contribution in [2.75, 3.05) is 7.11 Å². The largest absolute Gasteiger partial charge is 0.463 e. The lowest BCUT2D eigenvalue weighted by Gasteiger charge is -1.99. The number of hydrogen-bond acceptors (Lipinski definition) is 4. The summed E-state index contributed by atoms with van der Waals surface area (Å²) < 4.78 is 6.01. The molecule has 2 aromatic heterocycles. The van der Waals surface area contributed by atoms with Crippen LogP contribution >= 0.6 is 0 Å². The number of methoxy groups -OCH3 is 1. The number of carbonyl (C=O) groups is 2. The van der Waals surface area contributed by atoms with Gasteiger partial charge in [0.15, 0.2) is 0 Å². The van der Waals surface area contributed by atoms with Gasteiger partial charge in [-0.25, -0.2) is 9.78 Å². The molecule has 0 spiro atoms. The number of pyridine rings is 1. The molecule has 0 saturated carbocycles. The fraction of sp³-hybridized carbons (Fsp3) is 0.250. The molecule has 17 heavy (non-hydrogen) atoms. The number of ether oxygens (including phenoxy) is 1. The molecule has 0 radical (unpaired) electrons. The van der Waals surface area contributed by atoms with Gasteiger partial charge in [-0.15, -0.1) is 0 Å². The summed E-state index contributed by atoms with van der Waals surface area (Å²) in [5.74, 6) is -1.53. The van der Waals surface area contributed by atoms with Crippen molar-refractivity contribution in [3.8, 4) is 0 Å². The van der Waals surface area contributed by atoms with Crippen molar-refractivity contribution in [2.45, 2.75) is 13.8 Å². The van der Waals surface area contributed by atoms with Crippen LogP contribution < -0.4 is 0 Å². The Kier molecular flexibility index (Phi) is 4.39. The second-order valence-corrected chi connectivity index (χ2v) is 2.93. The third-order valence-electron chi connectivity index (χ3n) is 2.02. The van der Waals surface area contributed by atoms with Crippen LogP contribution in [-0.4, -0.2) is 28.2 Å². The zero-order chi connectivity index (χ0) is 12.8. The Labute approximate surface area is 99.0 Å². The number of nitrogens with zero attached hydrogens (tertiary/aromatic N) is 2. The molecule has 5 heteroatoms. The van der Waals surface area contributed by atoms with E-state index in [0.29, 0.717) is 0 Å². The Bertz CT molecular complexity index is 531. The number of carbonyl (C=O) groups excluding carboxylic acids is 2. The monoisotopic (exact) mass is 234 g/mol. The molecule has 2 rings (SSSR count). The van der Waals surface area contributed by atoms with E-state index in [2.05, 4.69) is 9.72 Å². The summed E-state index contributed by atoms with van der Waals surface area (Å²) >= 11 is 0. The average molecular weight is 234 g/mol. The molecular weight excluding hydrogens is 220 g/mol. The number of hydrogen-bond donors (Lipinski definition) is 0. The highest BCUT2D eigenvalue weighted by molar-refractivity contribution is 6.40. The number of ketones is 1. The minimum atomic E-state index is -0.866. The molecule has 0 N–H and O–H groups in total. The highest BCUT2D eigenvalue weighted by atomic mass is 16.5. The van der Waals surface area contributed by atoms with E-state index in [1.807, 2.05) is 13.8 Å². The maximum absolute atomic E-state index is 11.4. The zero-order valence-electron chi connectivity index (χ0n) is 10.0. The SMILES string of the molecule is CC.COC(=O)C(=O)c1ccc2nccn2c1. The van der Waals surface area contributed by atoms with E-state index in [0.717, 1.165) is 5.65 Å². The first kappa shape index (κ1) is 12.9. The van der Waals surface area contributed by atoms with Crippen LogP contribution in [0.4, 0.5) is 0 Å². The first-order valence-electron chi connectivity index (χ1n) is 5.28. The van der Waals surface area contributed by atoms with E-state index in [4.69, 9.17) is 0 Å². The first-order chi connectivity index (χ1) is 8.22. The van der Waals surface area contributed by atoms with Gasteiger partial charge in [0.05, 0.1) is 7.11 Å². The third kappa shape index (κ3) is 2.69. The van der Waals surface area contributed by atoms with Crippen molar-refractivity contribution >= 4 is 17.4 Å². The lowest BCUT2D eigenvalue weighted by Crippen LogP contribution is -2.16. The predicted molar refractivity (Wildman–Crippen MR) is 62.9 cm³/mol. The molecule has 0 fully saturated rings. The van der Waals surface area contributed by atoms with E-state index in [1.165, 1.54) is 7.11 Å². The summed E-state index contributed by atoms with van der Waals surface area (Å²) in [6.45, 7) is 4.00. The molecule has 0 saturated heterocycles.